The smallest absolute Gasteiger partial charge is 0.146 e. The number of benzene rings is 3. The van der Waals surface area contributed by atoms with Crippen LogP contribution in [0, 0.1) is 0 Å². The fourth-order valence-electron chi connectivity index (χ4n) is 4.53. The third kappa shape index (κ3) is 5.57. The molecule has 0 spiro atoms. The van der Waals surface area contributed by atoms with Gasteiger partial charge in [0, 0.05) is 17.4 Å². The highest BCUT2D eigenvalue weighted by atomic mass is 35.5. The first-order chi connectivity index (χ1) is 16.8. The van der Waals surface area contributed by atoms with E-state index < -0.39 is 0 Å². The Balaban J connectivity index is 2.14. The molecular weight excluding hydrogens is 477 g/mol. The van der Waals surface area contributed by atoms with Gasteiger partial charge in [0.2, 0.25) is 0 Å². The Morgan fingerprint density at radius 3 is 1.40 bits per heavy atom. The van der Waals surface area contributed by atoms with Crippen LogP contribution in [0.1, 0.15) is 64.5 Å². The molecule has 0 aliphatic rings. The van der Waals surface area contributed by atoms with Gasteiger partial charge in [-0.1, -0.05) is 52.0 Å². The van der Waals surface area contributed by atoms with Crippen LogP contribution >= 0.6 is 23.2 Å². The van der Waals surface area contributed by atoms with Gasteiger partial charge in [0.25, 0.3) is 0 Å². The van der Waals surface area contributed by atoms with Gasteiger partial charge in [-0.15, -0.1) is 23.2 Å². The lowest BCUT2D eigenvalue weighted by molar-refractivity contribution is 0.395. The third-order valence-corrected chi connectivity index (χ3v) is 8.66. The molecule has 3 rings (SSSR count). The van der Waals surface area contributed by atoms with Crippen molar-refractivity contribution >= 4 is 40.3 Å². The van der Waals surface area contributed by atoms with Crippen LogP contribution in [0.3, 0.4) is 0 Å². The second kappa shape index (κ2) is 11.6. The van der Waals surface area contributed by atoms with Crippen LogP contribution in [0.2, 0.25) is 0 Å². The summed E-state index contributed by atoms with van der Waals surface area (Å²) >= 11 is 13.8. The Bertz CT molecular complexity index is 1030. The number of nitrogens with zero attached hydrogens (tertiary/aromatic N) is 1. The zero-order valence-corrected chi connectivity index (χ0v) is 23.2. The number of alkyl halides is 2. The molecule has 0 saturated heterocycles. The predicted octanol–water partition coefficient (Wildman–Crippen LogP) is 9.68. The van der Waals surface area contributed by atoms with Gasteiger partial charge in [-0.05, 0) is 73.2 Å². The van der Waals surface area contributed by atoms with E-state index in [1.807, 2.05) is 18.2 Å². The highest BCUT2D eigenvalue weighted by molar-refractivity contribution is 6.24. The summed E-state index contributed by atoms with van der Waals surface area (Å²) in [7, 11) is 3.33. The van der Waals surface area contributed by atoms with E-state index in [1.165, 1.54) is 0 Å². The number of ether oxygens (including phenoxy) is 2. The van der Waals surface area contributed by atoms with Crippen molar-refractivity contribution in [3.05, 3.63) is 77.9 Å². The molecule has 5 heteroatoms. The van der Waals surface area contributed by atoms with Gasteiger partial charge in [0.15, 0.2) is 0 Å². The molecule has 3 aromatic carbocycles. The van der Waals surface area contributed by atoms with E-state index in [-0.39, 0.29) is 9.75 Å². The maximum Gasteiger partial charge on any atom is 0.146 e. The number of methoxy groups -OCH3 is 2. The van der Waals surface area contributed by atoms with Crippen LogP contribution in [0.5, 0.6) is 11.5 Å². The van der Waals surface area contributed by atoms with Crippen molar-refractivity contribution in [1.29, 1.82) is 0 Å². The van der Waals surface area contributed by atoms with E-state index in [4.69, 9.17) is 32.7 Å². The molecule has 35 heavy (non-hydrogen) atoms. The second-order valence-electron chi connectivity index (χ2n) is 8.81. The van der Waals surface area contributed by atoms with Crippen LogP contribution < -0.4 is 14.4 Å². The molecule has 0 radical (unpaired) electrons. The summed E-state index contributed by atoms with van der Waals surface area (Å²) < 4.78 is 11.2. The Morgan fingerprint density at radius 1 is 0.629 bits per heavy atom. The van der Waals surface area contributed by atoms with Gasteiger partial charge < -0.3 is 14.4 Å². The summed E-state index contributed by atoms with van der Waals surface area (Å²) in [6.07, 6.45) is 3.49. The third-order valence-electron chi connectivity index (χ3n) is 7.16. The summed E-state index contributed by atoms with van der Waals surface area (Å²) in [4.78, 5) is 1.48. The Morgan fingerprint density at radius 2 is 1.06 bits per heavy atom. The van der Waals surface area contributed by atoms with Crippen LogP contribution in [0.25, 0.3) is 0 Å². The molecule has 0 bridgehead atoms. The Kier molecular flexibility index (Phi) is 9.01. The molecule has 3 aromatic rings. The van der Waals surface area contributed by atoms with Gasteiger partial charge in [-0.2, -0.15) is 0 Å². The number of hydrogen-bond donors (Lipinski definition) is 0. The average Bonchev–Trinajstić information content (AvgIpc) is 2.93. The van der Waals surface area contributed by atoms with E-state index in [0.29, 0.717) is 0 Å². The lowest BCUT2D eigenvalue weighted by Gasteiger charge is -2.30. The molecule has 0 amide bonds. The fourth-order valence-corrected chi connectivity index (χ4v) is 4.78. The molecule has 0 fully saturated rings. The molecule has 0 N–H and O–H groups in total. The lowest BCUT2D eigenvalue weighted by Crippen LogP contribution is -2.17. The fraction of sp³-hybridized carbons (Fsp3) is 0.400. The Hall–Kier alpha value is -2.36. The zero-order chi connectivity index (χ0) is 25.6. The maximum atomic E-state index is 6.91. The zero-order valence-electron chi connectivity index (χ0n) is 21.7. The summed E-state index contributed by atoms with van der Waals surface area (Å²) in [6.45, 7) is 8.52. The topological polar surface area (TPSA) is 21.7 Å². The van der Waals surface area contributed by atoms with Crippen LogP contribution in [-0.4, -0.2) is 14.2 Å². The first-order valence-corrected chi connectivity index (χ1v) is 13.2. The van der Waals surface area contributed by atoms with Crippen molar-refractivity contribution in [3.63, 3.8) is 0 Å². The Labute approximate surface area is 221 Å². The molecule has 0 saturated carbocycles. The first kappa shape index (κ1) is 27.2. The second-order valence-corrected chi connectivity index (χ2v) is 10.3. The van der Waals surface area contributed by atoms with Gasteiger partial charge in [0.05, 0.1) is 29.7 Å². The van der Waals surface area contributed by atoms with Crippen molar-refractivity contribution in [1.82, 2.24) is 0 Å². The monoisotopic (exact) mass is 513 g/mol. The van der Waals surface area contributed by atoms with Crippen molar-refractivity contribution in [2.24, 2.45) is 0 Å². The van der Waals surface area contributed by atoms with Crippen molar-refractivity contribution in [2.45, 2.75) is 63.1 Å². The van der Waals surface area contributed by atoms with Crippen LogP contribution in [-0.2, 0) is 9.75 Å². The summed E-state index contributed by atoms with van der Waals surface area (Å²) in [5.74, 6) is 1.46. The summed E-state index contributed by atoms with van der Waals surface area (Å²) in [5, 5.41) is 0. The molecule has 0 atom stereocenters. The van der Waals surface area contributed by atoms with Crippen molar-refractivity contribution in [2.75, 3.05) is 19.1 Å². The lowest BCUT2D eigenvalue weighted by atomic mass is 9.92. The minimum absolute atomic E-state index is 0.354. The minimum atomic E-state index is -0.354. The number of hydrogen-bond acceptors (Lipinski definition) is 3. The largest absolute Gasteiger partial charge is 0.497 e. The highest BCUT2D eigenvalue weighted by Crippen LogP contribution is 2.44. The molecule has 0 aliphatic carbocycles. The molecule has 0 aromatic heterocycles. The standard InChI is InChI=1S/C30H37Cl2NO2/c1-7-29(31,8-2)22-11-15-24(16-12-22)33(27-20-19-26(34-5)21-28(27)35-6)25-17-13-23(14-18-25)30(32,9-3)10-4/h11-21H,7-10H2,1-6H3. The van der Waals surface area contributed by atoms with Crippen LogP contribution in [0.4, 0.5) is 17.1 Å². The van der Waals surface area contributed by atoms with Gasteiger partial charge in [-0.25, -0.2) is 0 Å². The number of rotatable bonds is 11. The van der Waals surface area contributed by atoms with E-state index in [1.54, 1.807) is 14.2 Å². The van der Waals surface area contributed by atoms with E-state index in [0.717, 1.165) is 65.4 Å². The molecular formula is C30H37Cl2NO2. The predicted molar refractivity (Wildman–Crippen MR) is 150 cm³/mol. The highest BCUT2D eigenvalue weighted by Gasteiger charge is 2.27. The van der Waals surface area contributed by atoms with Gasteiger partial charge in [-0.3, -0.25) is 0 Å². The van der Waals surface area contributed by atoms with Gasteiger partial charge >= 0.3 is 0 Å². The quantitative estimate of drug-likeness (QED) is 0.238. The van der Waals surface area contributed by atoms with Crippen molar-refractivity contribution < 1.29 is 9.47 Å². The normalized spacial score (nSPS) is 11.9. The molecule has 0 heterocycles. The number of anilines is 3. The van der Waals surface area contributed by atoms with E-state index >= 15 is 0 Å². The van der Waals surface area contributed by atoms with E-state index in [2.05, 4.69) is 81.1 Å². The SMILES string of the molecule is CCC(Cl)(CC)c1ccc(N(c2ccc(C(Cl)(CC)CC)cc2)c2ccc(OC)cc2OC)cc1. The molecule has 3 nitrogen and oxygen atoms in total. The number of halogens is 2. The van der Waals surface area contributed by atoms with Crippen LogP contribution in [0.15, 0.2) is 66.7 Å². The maximum absolute atomic E-state index is 6.91. The van der Waals surface area contributed by atoms with E-state index in [9.17, 15) is 0 Å². The molecule has 188 valence electrons. The summed E-state index contributed by atoms with van der Waals surface area (Å²) in [5.41, 5.74) is 5.20. The van der Waals surface area contributed by atoms with Crippen molar-refractivity contribution in [3.8, 4) is 11.5 Å². The first-order valence-electron chi connectivity index (χ1n) is 12.4. The average molecular weight is 515 g/mol. The summed E-state index contributed by atoms with van der Waals surface area (Å²) in [6, 6.07) is 22.9. The minimum Gasteiger partial charge on any atom is -0.497 e. The molecule has 0 unspecified atom stereocenters. The molecule has 0 aliphatic heterocycles. The van der Waals surface area contributed by atoms with Gasteiger partial charge in [0.1, 0.15) is 11.5 Å².